The molecule has 0 aliphatic carbocycles. The van der Waals surface area contributed by atoms with Gasteiger partial charge in [-0.3, -0.25) is 0 Å². The van der Waals surface area contributed by atoms with Crippen LogP contribution in [0.25, 0.3) is 94.7 Å². The average molecular weight is 641 g/mol. The van der Waals surface area contributed by atoms with Gasteiger partial charge in [0.1, 0.15) is 11.2 Å². The van der Waals surface area contributed by atoms with Crippen LogP contribution in [0.2, 0.25) is 0 Å². The van der Waals surface area contributed by atoms with E-state index in [1.165, 1.54) is 10.8 Å². The number of fused-ring (bicyclic) bond motifs is 6. The second kappa shape index (κ2) is 11.4. The molecule has 0 saturated heterocycles. The summed E-state index contributed by atoms with van der Waals surface area (Å²) >= 11 is 0. The van der Waals surface area contributed by atoms with Crippen molar-refractivity contribution in [3.05, 3.63) is 170 Å². The van der Waals surface area contributed by atoms with Crippen LogP contribution in [0.4, 0.5) is 0 Å². The number of benzene rings is 7. The van der Waals surface area contributed by atoms with Crippen molar-refractivity contribution in [2.24, 2.45) is 0 Å². The molecule has 10 rings (SSSR count). The number of para-hydroxylation sites is 2. The van der Waals surface area contributed by atoms with Crippen LogP contribution in [0.3, 0.4) is 0 Å². The summed E-state index contributed by atoms with van der Waals surface area (Å²) in [5.41, 5.74) is 9.94. The van der Waals surface area contributed by atoms with Gasteiger partial charge >= 0.3 is 0 Å². The molecule has 5 heteroatoms. The van der Waals surface area contributed by atoms with Crippen LogP contribution in [-0.2, 0) is 0 Å². The normalized spacial score (nSPS) is 11.6. The molecule has 0 bridgehead atoms. The summed E-state index contributed by atoms with van der Waals surface area (Å²) < 4.78 is 9.06. The zero-order valence-electron chi connectivity index (χ0n) is 26.9. The number of rotatable bonds is 5. The Morgan fingerprint density at radius 2 is 0.880 bits per heavy atom. The van der Waals surface area contributed by atoms with E-state index in [0.717, 1.165) is 66.5 Å². The SMILES string of the molecule is c1ccc(-c2nc(-c3ccccc3)nc(-c3ccc4oc5c(-c6ccccc6)cc(-n6c7ccccc7c7ccccc76)cc5c4c3)n2)cc1. The highest BCUT2D eigenvalue weighted by atomic mass is 16.3. The van der Waals surface area contributed by atoms with Gasteiger partial charge in [-0.15, -0.1) is 0 Å². The predicted octanol–water partition coefficient (Wildman–Crippen LogP) is 11.5. The maximum absolute atomic E-state index is 6.70. The van der Waals surface area contributed by atoms with Gasteiger partial charge in [0.15, 0.2) is 17.5 Å². The maximum Gasteiger partial charge on any atom is 0.164 e. The van der Waals surface area contributed by atoms with Gasteiger partial charge in [0.2, 0.25) is 0 Å². The Labute approximate surface area is 287 Å². The van der Waals surface area contributed by atoms with Gasteiger partial charge in [0, 0.05) is 49.5 Å². The number of aromatic nitrogens is 4. The van der Waals surface area contributed by atoms with Crippen LogP contribution in [0.15, 0.2) is 174 Å². The van der Waals surface area contributed by atoms with E-state index in [2.05, 4.69) is 95.6 Å². The second-order valence-electron chi connectivity index (χ2n) is 12.5. The Morgan fingerprint density at radius 1 is 0.380 bits per heavy atom. The van der Waals surface area contributed by atoms with E-state index >= 15 is 0 Å². The van der Waals surface area contributed by atoms with E-state index in [9.17, 15) is 0 Å². The number of furan rings is 1. The van der Waals surface area contributed by atoms with Crippen molar-refractivity contribution in [2.45, 2.75) is 0 Å². The van der Waals surface area contributed by atoms with E-state index in [4.69, 9.17) is 19.4 Å². The van der Waals surface area contributed by atoms with Crippen LogP contribution in [0.1, 0.15) is 0 Å². The molecular weight excluding hydrogens is 613 g/mol. The van der Waals surface area contributed by atoms with Crippen LogP contribution in [0, 0.1) is 0 Å². The lowest BCUT2D eigenvalue weighted by molar-refractivity contribution is 0.670. The van der Waals surface area contributed by atoms with E-state index < -0.39 is 0 Å². The smallest absolute Gasteiger partial charge is 0.164 e. The van der Waals surface area contributed by atoms with Crippen LogP contribution in [0.5, 0.6) is 0 Å². The molecule has 3 heterocycles. The molecule has 7 aromatic carbocycles. The molecule has 50 heavy (non-hydrogen) atoms. The Kier molecular flexibility index (Phi) is 6.42. The molecule has 10 aromatic rings. The van der Waals surface area contributed by atoms with Crippen molar-refractivity contribution in [3.8, 4) is 51.0 Å². The fraction of sp³-hybridized carbons (Fsp3) is 0. The zero-order chi connectivity index (χ0) is 33.0. The van der Waals surface area contributed by atoms with E-state index in [0.29, 0.717) is 17.5 Å². The molecule has 0 N–H and O–H groups in total. The average Bonchev–Trinajstić information content (AvgIpc) is 3.74. The first-order valence-electron chi connectivity index (χ1n) is 16.7. The number of nitrogens with zero attached hydrogens (tertiary/aromatic N) is 4. The third-order valence-corrected chi connectivity index (χ3v) is 9.44. The van der Waals surface area contributed by atoms with E-state index in [1.54, 1.807) is 0 Å². The Hall–Kier alpha value is -6.85. The maximum atomic E-state index is 6.70. The Balaban J connectivity index is 1.24. The fourth-order valence-corrected chi connectivity index (χ4v) is 7.10. The Morgan fingerprint density at radius 3 is 1.46 bits per heavy atom. The standard InChI is InChI=1S/C45H28N4O/c1-4-14-29(15-5-1)36-27-33(49-39-22-12-10-20-34(39)35-21-11-13-23-40(35)49)28-38-37-26-32(24-25-41(37)50-42(36)38)45-47-43(30-16-6-2-7-17-30)46-44(48-45)31-18-8-3-9-19-31/h1-28H. The monoisotopic (exact) mass is 640 g/mol. The third kappa shape index (κ3) is 4.60. The van der Waals surface area contributed by atoms with Gasteiger partial charge in [0.25, 0.3) is 0 Å². The summed E-state index contributed by atoms with van der Waals surface area (Å²) in [6.07, 6.45) is 0. The first-order valence-corrected chi connectivity index (χ1v) is 16.7. The lowest BCUT2D eigenvalue weighted by Gasteiger charge is -2.11. The van der Waals surface area contributed by atoms with Crippen molar-refractivity contribution in [1.29, 1.82) is 0 Å². The molecule has 5 nitrogen and oxygen atoms in total. The quantitative estimate of drug-likeness (QED) is 0.188. The minimum absolute atomic E-state index is 0.607. The van der Waals surface area contributed by atoms with Crippen molar-refractivity contribution < 1.29 is 4.42 Å². The number of hydrogen-bond acceptors (Lipinski definition) is 4. The molecule has 3 aromatic heterocycles. The fourth-order valence-electron chi connectivity index (χ4n) is 7.10. The Bertz CT molecular complexity index is 2750. The highest BCUT2D eigenvalue weighted by Crippen LogP contribution is 2.41. The lowest BCUT2D eigenvalue weighted by Crippen LogP contribution is -2.00. The number of hydrogen-bond donors (Lipinski definition) is 0. The van der Waals surface area contributed by atoms with Gasteiger partial charge in [0.05, 0.1) is 11.0 Å². The molecule has 234 valence electrons. The molecule has 0 spiro atoms. The third-order valence-electron chi connectivity index (χ3n) is 9.44. The summed E-state index contributed by atoms with van der Waals surface area (Å²) in [6.45, 7) is 0. The predicted molar refractivity (Wildman–Crippen MR) is 203 cm³/mol. The second-order valence-corrected chi connectivity index (χ2v) is 12.5. The first kappa shape index (κ1) is 28.2. The molecule has 0 amide bonds. The van der Waals surface area contributed by atoms with Crippen molar-refractivity contribution in [1.82, 2.24) is 19.5 Å². The molecule has 0 unspecified atom stereocenters. The zero-order valence-corrected chi connectivity index (χ0v) is 26.9. The van der Waals surface area contributed by atoms with Crippen molar-refractivity contribution in [2.75, 3.05) is 0 Å². The van der Waals surface area contributed by atoms with Gasteiger partial charge in [-0.05, 0) is 48.0 Å². The van der Waals surface area contributed by atoms with E-state index in [-0.39, 0.29) is 0 Å². The minimum Gasteiger partial charge on any atom is -0.455 e. The van der Waals surface area contributed by atoms with Crippen molar-refractivity contribution in [3.63, 3.8) is 0 Å². The molecule has 0 radical (unpaired) electrons. The summed E-state index contributed by atoms with van der Waals surface area (Å²) in [7, 11) is 0. The van der Waals surface area contributed by atoms with Gasteiger partial charge < -0.3 is 8.98 Å². The molecule has 0 aliphatic rings. The van der Waals surface area contributed by atoms with Crippen LogP contribution < -0.4 is 0 Å². The topological polar surface area (TPSA) is 56.7 Å². The van der Waals surface area contributed by atoms with Gasteiger partial charge in [-0.1, -0.05) is 127 Å². The van der Waals surface area contributed by atoms with Gasteiger partial charge in [-0.2, -0.15) is 0 Å². The largest absolute Gasteiger partial charge is 0.455 e. The summed E-state index contributed by atoms with van der Waals surface area (Å²) in [4.78, 5) is 14.9. The van der Waals surface area contributed by atoms with E-state index in [1.807, 2.05) is 78.9 Å². The first-order chi connectivity index (χ1) is 24.8. The molecule has 0 fully saturated rings. The molecule has 0 aliphatic heterocycles. The molecule has 0 saturated carbocycles. The highest BCUT2D eigenvalue weighted by Gasteiger charge is 2.20. The van der Waals surface area contributed by atoms with Crippen LogP contribution >= 0.6 is 0 Å². The molecule has 0 atom stereocenters. The summed E-state index contributed by atoms with van der Waals surface area (Å²) in [6, 6.07) is 58.6. The van der Waals surface area contributed by atoms with Crippen molar-refractivity contribution >= 4 is 43.7 Å². The summed E-state index contributed by atoms with van der Waals surface area (Å²) in [5.74, 6) is 1.87. The lowest BCUT2D eigenvalue weighted by atomic mass is 10.0. The van der Waals surface area contributed by atoms with Crippen LogP contribution in [-0.4, -0.2) is 19.5 Å². The van der Waals surface area contributed by atoms with Gasteiger partial charge in [-0.25, -0.2) is 15.0 Å². The summed E-state index contributed by atoms with van der Waals surface area (Å²) in [5, 5.41) is 4.48. The molecular formula is C45H28N4O. The highest BCUT2D eigenvalue weighted by molar-refractivity contribution is 6.13. The minimum atomic E-state index is 0.607.